The second-order valence-corrected chi connectivity index (χ2v) is 9.10. The number of nitro groups is 1. The predicted molar refractivity (Wildman–Crippen MR) is 102 cm³/mol. The Morgan fingerprint density at radius 2 is 1.65 bits per heavy atom. The van der Waals surface area contributed by atoms with Crippen molar-refractivity contribution in [2.24, 2.45) is 0 Å². The lowest BCUT2D eigenvalue weighted by atomic mass is 9.87. The highest BCUT2D eigenvalue weighted by Gasteiger charge is 2.23. The molecule has 2 rings (SSSR count). The largest absolute Gasteiger partial charge is 0.269 e. The highest BCUT2D eigenvalue weighted by Crippen LogP contribution is 2.27. The van der Waals surface area contributed by atoms with Gasteiger partial charge in [0, 0.05) is 18.2 Å². The average molecular weight is 376 g/mol. The number of nitro benzene ring substituents is 1. The van der Waals surface area contributed by atoms with Crippen LogP contribution in [0, 0.1) is 17.0 Å². The summed E-state index contributed by atoms with van der Waals surface area (Å²) in [6.45, 7) is 9.56. The van der Waals surface area contributed by atoms with Crippen LogP contribution in [0.2, 0.25) is 0 Å². The number of sulfonamides is 1. The molecule has 0 spiro atoms. The molecule has 0 heterocycles. The first-order chi connectivity index (χ1) is 11.9. The van der Waals surface area contributed by atoms with Crippen molar-refractivity contribution in [3.05, 3.63) is 69.3 Å². The fourth-order valence-electron chi connectivity index (χ4n) is 2.61. The van der Waals surface area contributed by atoms with Gasteiger partial charge in [0.2, 0.25) is 10.0 Å². The van der Waals surface area contributed by atoms with Gasteiger partial charge >= 0.3 is 0 Å². The predicted octanol–water partition coefficient (Wildman–Crippen LogP) is 4.24. The normalized spacial score (nSPS) is 13.4. The van der Waals surface area contributed by atoms with E-state index in [2.05, 4.69) is 4.72 Å². The van der Waals surface area contributed by atoms with Gasteiger partial charge in [-0.25, -0.2) is 13.1 Å². The molecule has 1 N–H and O–H groups in total. The van der Waals surface area contributed by atoms with Crippen molar-refractivity contribution in [3.63, 3.8) is 0 Å². The molecule has 2 aromatic rings. The summed E-state index contributed by atoms with van der Waals surface area (Å²) in [5.74, 6) is 0. The van der Waals surface area contributed by atoms with Gasteiger partial charge in [-0.2, -0.15) is 0 Å². The Hall–Kier alpha value is -2.25. The van der Waals surface area contributed by atoms with Crippen LogP contribution < -0.4 is 4.72 Å². The fraction of sp³-hybridized carbons (Fsp3) is 0.368. The van der Waals surface area contributed by atoms with E-state index in [1.54, 1.807) is 32.0 Å². The monoisotopic (exact) mass is 376 g/mol. The van der Waals surface area contributed by atoms with Crippen molar-refractivity contribution in [3.8, 4) is 0 Å². The summed E-state index contributed by atoms with van der Waals surface area (Å²) in [4.78, 5) is 10.5. The summed E-state index contributed by atoms with van der Waals surface area (Å²) in [5.41, 5.74) is 2.07. The first-order valence-electron chi connectivity index (χ1n) is 8.29. The van der Waals surface area contributed by atoms with E-state index in [0.29, 0.717) is 11.1 Å². The molecule has 6 nitrogen and oxygen atoms in total. The van der Waals surface area contributed by atoms with Crippen LogP contribution in [0.15, 0.2) is 47.4 Å². The molecule has 0 bridgehead atoms. The van der Waals surface area contributed by atoms with Crippen molar-refractivity contribution in [1.82, 2.24) is 4.72 Å². The zero-order valence-corrected chi connectivity index (χ0v) is 16.4. The van der Waals surface area contributed by atoms with Crippen LogP contribution in [0.25, 0.3) is 0 Å². The molecule has 0 aliphatic heterocycles. The van der Waals surface area contributed by atoms with Crippen molar-refractivity contribution >= 4 is 15.7 Å². The molecule has 0 amide bonds. The van der Waals surface area contributed by atoms with Crippen molar-refractivity contribution in [1.29, 1.82) is 0 Å². The first-order valence-corrected chi connectivity index (χ1v) is 9.78. The Balaban J connectivity index is 2.32. The van der Waals surface area contributed by atoms with Crippen LogP contribution in [-0.4, -0.2) is 13.3 Å². The van der Waals surface area contributed by atoms with E-state index >= 15 is 0 Å². The van der Waals surface area contributed by atoms with E-state index in [0.717, 1.165) is 5.56 Å². The minimum absolute atomic E-state index is 0.0301. The number of nitrogens with zero attached hydrogens (tertiary/aromatic N) is 1. The number of non-ortho nitro benzene ring substituents is 1. The molecule has 7 heteroatoms. The molecule has 0 saturated carbocycles. The van der Waals surface area contributed by atoms with Gasteiger partial charge in [0.15, 0.2) is 0 Å². The SMILES string of the molecule is Cc1ccc(C(C)(C)C)cc1S(=O)(=O)N[C@H](C)c1ccc([N+](=O)[O-])cc1. The molecule has 0 aliphatic carbocycles. The second kappa shape index (κ2) is 7.17. The van der Waals surface area contributed by atoms with Crippen molar-refractivity contribution in [2.75, 3.05) is 0 Å². The highest BCUT2D eigenvalue weighted by molar-refractivity contribution is 7.89. The summed E-state index contributed by atoms with van der Waals surface area (Å²) < 4.78 is 28.4. The number of rotatable bonds is 5. The standard InChI is InChI=1S/C19H24N2O4S/c1-13-6-9-16(19(3,4)5)12-18(13)26(24,25)20-14(2)15-7-10-17(11-8-15)21(22)23/h6-12,14,20H,1-5H3/t14-/m1/s1. The zero-order chi connectivity index (χ0) is 19.7. The fourth-order valence-corrected chi connectivity index (χ4v) is 4.11. The van der Waals surface area contributed by atoms with E-state index in [9.17, 15) is 18.5 Å². The molecular formula is C19H24N2O4S. The van der Waals surface area contributed by atoms with Crippen LogP contribution in [0.5, 0.6) is 0 Å². The molecule has 26 heavy (non-hydrogen) atoms. The maximum Gasteiger partial charge on any atom is 0.269 e. The van der Waals surface area contributed by atoms with Gasteiger partial charge < -0.3 is 0 Å². The van der Waals surface area contributed by atoms with Gasteiger partial charge in [0.05, 0.1) is 9.82 Å². The molecule has 140 valence electrons. The minimum atomic E-state index is -3.73. The summed E-state index contributed by atoms with van der Waals surface area (Å²) >= 11 is 0. The molecule has 0 unspecified atom stereocenters. The molecule has 0 fully saturated rings. The van der Waals surface area contributed by atoms with E-state index < -0.39 is 21.0 Å². The van der Waals surface area contributed by atoms with Crippen LogP contribution in [0.1, 0.15) is 50.4 Å². The Morgan fingerprint density at radius 1 is 1.08 bits per heavy atom. The van der Waals surface area contributed by atoms with Crippen LogP contribution in [0.4, 0.5) is 5.69 Å². The van der Waals surface area contributed by atoms with Gasteiger partial charge in [-0.15, -0.1) is 0 Å². The Labute approximate surface area is 154 Å². The van der Waals surface area contributed by atoms with E-state index in [4.69, 9.17) is 0 Å². The summed E-state index contributed by atoms with van der Waals surface area (Å²) in [6.07, 6.45) is 0. The van der Waals surface area contributed by atoms with Gasteiger partial charge in [0.1, 0.15) is 0 Å². The number of hydrogen-bond acceptors (Lipinski definition) is 4. The van der Waals surface area contributed by atoms with E-state index in [-0.39, 0.29) is 16.0 Å². The van der Waals surface area contributed by atoms with Crippen molar-refractivity contribution in [2.45, 2.75) is 51.0 Å². The molecule has 0 saturated heterocycles. The summed E-state index contributed by atoms with van der Waals surface area (Å²) in [7, 11) is -3.73. The Morgan fingerprint density at radius 3 is 2.15 bits per heavy atom. The molecular weight excluding hydrogens is 352 g/mol. The molecule has 0 aliphatic rings. The van der Waals surface area contributed by atoms with Crippen LogP contribution in [-0.2, 0) is 15.4 Å². The third-order valence-corrected chi connectivity index (χ3v) is 5.96. The molecule has 1 atom stereocenters. The number of aryl methyl sites for hydroxylation is 1. The van der Waals surface area contributed by atoms with Crippen LogP contribution >= 0.6 is 0 Å². The topological polar surface area (TPSA) is 89.3 Å². The van der Waals surface area contributed by atoms with Crippen molar-refractivity contribution < 1.29 is 13.3 Å². The van der Waals surface area contributed by atoms with Gasteiger partial charge in [-0.3, -0.25) is 10.1 Å². The molecule has 0 aromatic heterocycles. The lowest BCUT2D eigenvalue weighted by Crippen LogP contribution is -2.28. The third kappa shape index (κ3) is 4.47. The van der Waals surface area contributed by atoms with Crippen LogP contribution in [0.3, 0.4) is 0 Å². The number of hydrogen-bond donors (Lipinski definition) is 1. The lowest BCUT2D eigenvalue weighted by molar-refractivity contribution is -0.384. The average Bonchev–Trinajstić information content (AvgIpc) is 2.53. The second-order valence-electron chi connectivity index (χ2n) is 7.42. The highest BCUT2D eigenvalue weighted by atomic mass is 32.2. The molecule has 0 radical (unpaired) electrons. The number of nitrogens with one attached hydrogen (secondary N) is 1. The summed E-state index contributed by atoms with van der Waals surface area (Å²) in [6, 6.07) is 10.8. The Bertz CT molecular complexity index is 914. The quantitative estimate of drug-likeness (QED) is 0.624. The lowest BCUT2D eigenvalue weighted by Gasteiger charge is -2.22. The van der Waals surface area contributed by atoms with E-state index in [1.165, 1.54) is 12.1 Å². The van der Waals surface area contributed by atoms with Gasteiger partial charge in [0.25, 0.3) is 5.69 Å². The minimum Gasteiger partial charge on any atom is -0.258 e. The summed E-state index contributed by atoms with van der Waals surface area (Å²) in [5, 5.41) is 10.7. The van der Waals surface area contributed by atoms with Gasteiger partial charge in [-0.1, -0.05) is 45.0 Å². The van der Waals surface area contributed by atoms with Gasteiger partial charge in [-0.05, 0) is 42.0 Å². The number of benzene rings is 2. The molecule has 2 aromatic carbocycles. The van der Waals surface area contributed by atoms with E-state index in [1.807, 2.05) is 32.9 Å². The first kappa shape index (κ1) is 20.1. The Kier molecular flexibility index (Phi) is 5.53. The smallest absolute Gasteiger partial charge is 0.258 e. The maximum atomic E-state index is 12.9. The maximum absolute atomic E-state index is 12.9. The third-order valence-electron chi connectivity index (χ3n) is 4.28. The zero-order valence-electron chi connectivity index (χ0n) is 15.6.